The zero-order chi connectivity index (χ0) is 24.5. The van der Waals surface area contributed by atoms with Crippen LogP contribution in [0.25, 0.3) is 0 Å². The fraction of sp³-hybridized carbons (Fsp3) is 0.600. The molecule has 10 nitrogen and oxygen atoms in total. The number of imide groups is 1. The number of amides is 3. The van der Waals surface area contributed by atoms with Crippen LogP contribution in [0.2, 0.25) is 0 Å². The van der Waals surface area contributed by atoms with Crippen molar-refractivity contribution in [3.05, 3.63) is 35.2 Å². The molecule has 0 unspecified atom stereocenters. The van der Waals surface area contributed by atoms with Crippen LogP contribution in [0.5, 0.6) is 0 Å². The highest BCUT2D eigenvalue weighted by atomic mass is 16.2. The van der Waals surface area contributed by atoms with E-state index in [1.165, 1.54) is 4.90 Å². The Kier molecular flexibility index (Phi) is 4.90. The molecule has 35 heavy (non-hydrogen) atoms. The molecule has 2 N–H and O–H groups in total. The van der Waals surface area contributed by atoms with Gasteiger partial charge in [0.05, 0.1) is 23.1 Å². The van der Waals surface area contributed by atoms with E-state index in [-0.39, 0.29) is 29.7 Å². The molecular weight excluding hydrogens is 446 g/mol. The van der Waals surface area contributed by atoms with Crippen LogP contribution in [-0.2, 0) is 19.9 Å². The summed E-state index contributed by atoms with van der Waals surface area (Å²) in [5.74, 6) is 0.827. The van der Waals surface area contributed by atoms with E-state index < -0.39 is 11.5 Å². The molecule has 0 radical (unpaired) electrons. The monoisotopic (exact) mass is 477 g/mol. The molecule has 4 saturated carbocycles. The average Bonchev–Trinajstić information content (AvgIpc) is 3.36. The summed E-state index contributed by atoms with van der Waals surface area (Å²) in [5.41, 5.74) is 7.48. The first-order valence-corrected chi connectivity index (χ1v) is 12.5. The van der Waals surface area contributed by atoms with Gasteiger partial charge in [0.25, 0.3) is 5.91 Å². The Morgan fingerprint density at radius 3 is 2.51 bits per heavy atom. The van der Waals surface area contributed by atoms with E-state index in [0.29, 0.717) is 29.8 Å². The van der Waals surface area contributed by atoms with Crippen LogP contribution in [0, 0.1) is 38.0 Å². The molecule has 7 rings (SSSR count). The van der Waals surface area contributed by atoms with E-state index in [1.807, 2.05) is 32.9 Å². The molecule has 1 aromatic carbocycles. The highest BCUT2D eigenvalue weighted by molar-refractivity contribution is 6.22. The van der Waals surface area contributed by atoms with Crippen molar-refractivity contribution in [3.63, 3.8) is 0 Å². The third kappa shape index (κ3) is 3.41. The van der Waals surface area contributed by atoms with Gasteiger partial charge in [-0.3, -0.25) is 19.8 Å². The Morgan fingerprint density at radius 1 is 1.09 bits per heavy atom. The molecule has 1 aliphatic heterocycles. The smallest absolute Gasteiger partial charge is 0.253 e. The van der Waals surface area contributed by atoms with Gasteiger partial charge in [-0.2, -0.15) is 4.80 Å². The maximum atomic E-state index is 13.6. The third-order valence-corrected chi connectivity index (χ3v) is 8.77. The van der Waals surface area contributed by atoms with E-state index >= 15 is 0 Å². The number of anilines is 1. The lowest BCUT2D eigenvalue weighted by atomic mass is 9.46. The Bertz CT molecular complexity index is 1220. The molecule has 2 heterocycles. The van der Waals surface area contributed by atoms with Crippen LogP contribution >= 0.6 is 0 Å². The van der Waals surface area contributed by atoms with Gasteiger partial charge >= 0.3 is 0 Å². The number of hydrazine groups is 1. The molecule has 184 valence electrons. The number of aromatic nitrogens is 4. The molecule has 3 atom stereocenters. The summed E-state index contributed by atoms with van der Waals surface area (Å²) in [6, 6.07) is 4.80. The van der Waals surface area contributed by atoms with E-state index in [1.54, 1.807) is 10.9 Å². The summed E-state index contributed by atoms with van der Waals surface area (Å²) in [5, 5.41) is 12.9. The fourth-order valence-electron chi connectivity index (χ4n) is 7.46. The molecular formula is C25H31N7O3. The molecule has 3 amide bonds. The van der Waals surface area contributed by atoms with E-state index in [2.05, 4.69) is 26.3 Å². The number of carbonyl (C=O) groups excluding carboxylic acids is 3. The summed E-state index contributed by atoms with van der Waals surface area (Å²) in [7, 11) is 0. The molecule has 4 bridgehead atoms. The summed E-state index contributed by atoms with van der Waals surface area (Å²) in [6.45, 7) is 5.69. The van der Waals surface area contributed by atoms with Gasteiger partial charge in [0, 0.05) is 0 Å². The number of benzene rings is 1. The second-order valence-electron chi connectivity index (χ2n) is 11.2. The first-order chi connectivity index (χ1) is 16.7. The minimum absolute atomic E-state index is 0.0108. The standard InChI is InChI=1S/C25H31N7O3/c1-14-5-4-6-20(15(14)2)31-21(33)8-19(22(31)34)27-28-23(35)24-9-17-7-18(10-24)12-25(11-17,13-24)32-29-16(3)26-30-32/h4-6,17-19,27H,7-13H2,1-3H3,(H,28,35)/t17-,18-,19-,24?,25?/m0/s1. The van der Waals surface area contributed by atoms with E-state index in [4.69, 9.17) is 0 Å². The van der Waals surface area contributed by atoms with Gasteiger partial charge in [-0.05, 0) is 93.5 Å². The van der Waals surface area contributed by atoms with E-state index in [9.17, 15) is 14.4 Å². The predicted octanol–water partition coefficient (Wildman–Crippen LogP) is 1.85. The van der Waals surface area contributed by atoms with Gasteiger partial charge in [0.2, 0.25) is 11.8 Å². The van der Waals surface area contributed by atoms with Gasteiger partial charge in [0.15, 0.2) is 5.82 Å². The van der Waals surface area contributed by atoms with Crippen molar-refractivity contribution in [2.24, 2.45) is 17.3 Å². The lowest BCUT2D eigenvalue weighted by Gasteiger charge is -2.60. The first-order valence-electron chi connectivity index (χ1n) is 12.5. The van der Waals surface area contributed by atoms with Crippen LogP contribution in [0.1, 0.15) is 61.9 Å². The molecule has 5 fully saturated rings. The summed E-state index contributed by atoms with van der Waals surface area (Å²) in [4.78, 5) is 42.5. The van der Waals surface area contributed by atoms with Crippen molar-refractivity contribution in [3.8, 4) is 0 Å². The largest absolute Gasteiger partial charge is 0.290 e. The number of rotatable bonds is 5. The predicted molar refractivity (Wildman–Crippen MR) is 126 cm³/mol. The van der Waals surface area contributed by atoms with Crippen molar-refractivity contribution >= 4 is 23.4 Å². The number of hydrogen-bond donors (Lipinski definition) is 2. The number of nitrogens with one attached hydrogen (secondary N) is 2. The van der Waals surface area contributed by atoms with Crippen molar-refractivity contribution in [2.75, 3.05) is 4.90 Å². The number of hydrogen-bond acceptors (Lipinski definition) is 7. The minimum Gasteiger partial charge on any atom is -0.290 e. The minimum atomic E-state index is -0.783. The Hall–Kier alpha value is -3.14. The summed E-state index contributed by atoms with van der Waals surface area (Å²) in [6.07, 6.45) is 5.43. The molecule has 1 saturated heterocycles. The SMILES string of the molecule is Cc1nnn(C23C[C@H]4C[C@@H](CC(C(=O)NN[C@H]5CC(=O)N(c6cccc(C)c6C)C5=O)(C4)C2)C3)n1. The van der Waals surface area contributed by atoms with Crippen molar-refractivity contribution in [2.45, 2.75) is 77.3 Å². The van der Waals surface area contributed by atoms with Crippen molar-refractivity contribution in [1.29, 1.82) is 0 Å². The lowest BCUT2D eigenvalue weighted by Crippen LogP contribution is -2.63. The summed E-state index contributed by atoms with van der Waals surface area (Å²) >= 11 is 0. The highest BCUT2D eigenvalue weighted by Gasteiger charge is 2.62. The van der Waals surface area contributed by atoms with Crippen LogP contribution < -0.4 is 15.8 Å². The van der Waals surface area contributed by atoms with Gasteiger partial charge in [-0.1, -0.05) is 12.1 Å². The molecule has 1 aromatic heterocycles. The lowest BCUT2D eigenvalue weighted by molar-refractivity contribution is -0.158. The van der Waals surface area contributed by atoms with E-state index in [0.717, 1.165) is 43.2 Å². The Labute approximate surface area is 203 Å². The zero-order valence-corrected chi connectivity index (χ0v) is 20.4. The first kappa shape index (κ1) is 22.3. The number of aryl methyl sites for hydroxylation is 2. The quantitative estimate of drug-likeness (QED) is 0.498. The molecule has 2 aromatic rings. The van der Waals surface area contributed by atoms with Crippen molar-refractivity contribution in [1.82, 2.24) is 31.1 Å². The van der Waals surface area contributed by atoms with Crippen LogP contribution in [0.15, 0.2) is 18.2 Å². The van der Waals surface area contributed by atoms with Crippen LogP contribution in [0.4, 0.5) is 5.69 Å². The normalized spacial score (nSPS) is 33.6. The maximum absolute atomic E-state index is 13.6. The molecule has 5 aliphatic rings. The van der Waals surface area contributed by atoms with Gasteiger partial charge in [-0.15, -0.1) is 10.2 Å². The Morgan fingerprint density at radius 2 is 1.83 bits per heavy atom. The van der Waals surface area contributed by atoms with Gasteiger partial charge in [-0.25, -0.2) is 10.3 Å². The van der Waals surface area contributed by atoms with Crippen LogP contribution in [-0.4, -0.2) is 44.0 Å². The number of nitrogens with zero attached hydrogens (tertiary/aromatic N) is 5. The second-order valence-corrected chi connectivity index (χ2v) is 11.2. The summed E-state index contributed by atoms with van der Waals surface area (Å²) < 4.78 is 0. The number of tetrazole rings is 1. The molecule has 10 heteroatoms. The third-order valence-electron chi connectivity index (χ3n) is 8.77. The van der Waals surface area contributed by atoms with Crippen LogP contribution in [0.3, 0.4) is 0 Å². The highest BCUT2D eigenvalue weighted by Crippen LogP contribution is 2.63. The zero-order valence-electron chi connectivity index (χ0n) is 20.4. The molecule has 4 aliphatic carbocycles. The second kappa shape index (κ2) is 7.68. The Balaban J connectivity index is 1.18. The van der Waals surface area contributed by atoms with Gasteiger partial charge < -0.3 is 0 Å². The maximum Gasteiger partial charge on any atom is 0.253 e. The average molecular weight is 478 g/mol. The topological polar surface area (TPSA) is 122 Å². The number of carbonyl (C=O) groups is 3. The van der Waals surface area contributed by atoms with Gasteiger partial charge in [0.1, 0.15) is 6.04 Å². The fourth-order valence-corrected chi connectivity index (χ4v) is 7.46. The van der Waals surface area contributed by atoms with Crippen molar-refractivity contribution < 1.29 is 14.4 Å². The molecule has 0 spiro atoms.